The monoisotopic (exact) mass is 583 g/mol. The van der Waals surface area contributed by atoms with E-state index in [9.17, 15) is 22.6 Å². The summed E-state index contributed by atoms with van der Waals surface area (Å²) in [5.41, 5.74) is 11.6. The molecule has 216 valence electrons. The second-order valence-corrected chi connectivity index (χ2v) is 9.93. The maximum atomic E-state index is 12.5. The fourth-order valence-corrected chi connectivity index (χ4v) is 4.19. The lowest BCUT2D eigenvalue weighted by Crippen LogP contribution is -2.24. The predicted molar refractivity (Wildman–Crippen MR) is 151 cm³/mol. The fraction of sp³-hybridized carbons (Fsp3) is 0.231. The quantitative estimate of drug-likeness (QED) is 0.0657. The minimum absolute atomic E-state index is 0.0941. The van der Waals surface area contributed by atoms with Crippen LogP contribution in [0.3, 0.4) is 0 Å². The number of hydrogen-bond acceptors (Lipinski definition) is 12. The molecule has 0 saturated heterocycles. The van der Waals surface area contributed by atoms with E-state index in [0.717, 1.165) is 12.5 Å². The minimum atomic E-state index is -4.84. The van der Waals surface area contributed by atoms with Gasteiger partial charge in [-0.2, -0.15) is 13.5 Å². The molecule has 0 bridgehead atoms. The van der Waals surface area contributed by atoms with Gasteiger partial charge < -0.3 is 26.6 Å². The number of anilines is 2. The third kappa shape index (κ3) is 8.14. The van der Waals surface area contributed by atoms with E-state index < -0.39 is 26.7 Å². The first-order valence-corrected chi connectivity index (χ1v) is 13.7. The van der Waals surface area contributed by atoms with Crippen LogP contribution in [-0.4, -0.2) is 50.2 Å². The molecular weight excluding hydrogens is 554 g/mol. The van der Waals surface area contributed by atoms with Gasteiger partial charge in [-0.15, -0.1) is 15.3 Å². The molecule has 0 saturated carbocycles. The van der Waals surface area contributed by atoms with E-state index in [0.29, 0.717) is 24.9 Å². The lowest BCUT2D eigenvalue weighted by atomic mass is 10.2. The number of amides is 1. The summed E-state index contributed by atoms with van der Waals surface area (Å²) in [6, 6.07) is 13.2. The summed E-state index contributed by atoms with van der Waals surface area (Å²) in [7, 11) is -3.64. The number of benzene rings is 3. The third-order valence-corrected chi connectivity index (χ3v) is 6.56. The van der Waals surface area contributed by atoms with Gasteiger partial charge in [-0.25, -0.2) is 4.79 Å². The van der Waals surface area contributed by atoms with Gasteiger partial charge in [-0.3, -0.25) is 9.35 Å². The molecule has 0 fully saturated rings. The summed E-state index contributed by atoms with van der Waals surface area (Å²) >= 11 is 0. The number of aliphatic hydroxyl groups is 1. The van der Waals surface area contributed by atoms with E-state index in [1.165, 1.54) is 25.3 Å². The van der Waals surface area contributed by atoms with Crippen LogP contribution in [0.4, 0.5) is 34.1 Å². The number of aliphatic hydroxyl groups excluding tert-OH is 1. The predicted octanol–water partition coefficient (Wildman–Crippen LogP) is 4.61. The van der Waals surface area contributed by atoms with Gasteiger partial charge in [0.05, 0.1) is 29.7 Å². The standard InChI is InChI=1S/C26H29N7O7S/c1-40-26(36)18-10-3-4-11-19(18)31-32-20-15-21(41(37,38)39)23(28)24(22(20)27)33-30-17-9-7-8-16(14-17)25(35)29-12-5-2-6-13-34/h3-4,7-11,14-15,34H,2,5-6,12-13,27-28H2,1H3,(H,29,35)(H,37,38,39). The van der Waals surface area contributed by atoms with Crippen molar-refractivity contribution in [3.8, 4) is 0 Å². The van der Waals surface area contributed by atoms with E-state index in [4.69, 9.17) is 21.3 Å². The first-order chi connectivity index (χ1) is 19.6. The van der Waals surface area contributed by atoms with Crippen molar-refractivity contribution in [1.29, 1.82) is 0 Å². The van der Waals surface area contributed by atoms with Crippen LogP contribution in [0.1, 0.15) is 40.0 Å². The highest BCUT2D eigenvalue weighted by Crippen LogP contribution is 2.43. The van der Waals surface area contributed by atoms with Crippen molar-refractivity contribution in [2.45, 2.75) is 24.2 Å². The van der Waals surface area contributed by atoms with Crippen LogP contribution in [0, 0.1) is 0 Å². The molecule has 0 aliphatic heterocycles. The zero-order chi connectivity index (χ0) is 30.0. The van der Waals surface area contributed by atoms with Crippen LogP contribution in [0.15, 0.2) is 79.9 Å². The fourth-order valence-electron chi connectivity index (χ4n) is 3.55. The number of esters is 1. The molecule has 0 aromatic heterocycles. The van der Waals surface area contributed by atoms with Crippen molar-refractivity contribution in [2.24, 2.45) is 20.5 Å². The smallest absolute Gasteiger partial charge is 0.340 e. The second kappa shape index (κ2) is 14.1. The molecule has 1 amide bonds. The van der Waals surface area contributed by atoms with Crippen LogP contribution >= 0.6 is 0 Å². The maximum Gasteiger partial charge on any atom is 0.340 e. The molecule has 0 spiro atoms. The number of nitrogens with two attached hydrogens (primary N) is 2. The highest BCUT2D eigenvalue weighted by molar-refractivity contribution is 7.86. The largest absolute Gasteiger partial charge is 0.465 e. The Hall–Kier alpha value is -4.73. The Balaban J connectivity index is 1.96. The molecule has 0 atom stereocenters. The Morgan fingerprint density at radius 1 is 0.902 bits per heavy atom. The van der Waals surface area contributed by atoms with E-state index in [1.54, 1.807) is 30.3 Å². The molecular formula is C26H29N7O7S. The number of unbranched alkanes of at least 4 members (excludes halogenated alkanes) is 2. The van der Waals surface area contributed by atoms with Crippen LogP contribution in [0.5, 0.6) is 0 Å². The van der Waals surface area contributed by atoms with Gasteiger partial charge in [-0.05, 0) is 55.7 Å². The Kier molecular flexibility index (Phi) is 10.6. The molecule has 0 aliphatic rings. The summed E-state index contributed by atoms with van der Waals surface area (Å²) in [5, 5.41) is 27.6. The lowest BCUT2D eigenvalue weighted by molar-refractivity contribution is 0.0601. The van der Waals surface area contributed by atoms with Crippen LogP contribution < -0.4 is 16.8 Å². The van der Waals surface area contributed by atoms with Crippen molar-refractivity contribution in [2.75, 3.05) is 31.7 Å². The second-order valence-electron chi connectivity index (χ2n) is 8.54. The van der Waals surface area contributed by atoms with Gasteiger partial charge in [0.25, 0.3) is 16.0 Å². The molecule has 0 aliphatic carbocycles. The topological polar surface area (TPSA) is 231 Å². The molecule has 0 heterocycles. The van der Waals surface area contributed by atoms with E-state index >= 15 is 0 Å². The van der Waals surface area contributed by atoms with Crippen molar-refractivity contribution in [1.82, 2.24) is 5.32 Å². The van der Waals surface area contributed by atoms with Gasteiger partial charge >= 0.3 is 5.97 Å². The number of ether oxygens (including phenoxy) is 1. The number of nitrogens with one attached hydrogen (secondary N) is 1. The highest BCUT2D eigenvalue weighted by atomic mass is 32.2. The molecule has 41 heavy (non-hydrogen) atoms. The third-order valence-electron chi connectivity index (χ3n) is 5.67. The molecule has 14 nitrogen and oxygen atoms in total. The van der Waals surface area contributed by atoms with Crippen LogP contribution in [0.2, 0.25) is 0 Å². The summed E-state index contributed by atoms with van der Waals surface area (Å²) in [6.07, 6.45) is 2.14. The van der Waals surface area contributed by atoms with Gasteiger partial charge in [0.15, 0.2) is 0 Å². The molecule has 15 heteroatoms. The van der Waals surface area contributed by atoms with Crippen molar-refractivity contribution in [3.05, 3.63) is 65.7 Å². The minimum Gasteiger partial charge on any atom is -0.465 e. The highest BCUT2D eigenvalue weighted by Gasteiger charge is 2.22. The number of hydrogen-bond donors (Lipinski definition) is 5. The lowest BCUT2D eigenvalue weighted by Gasteiger charge is -2.10. The van der Waals surface area contributed by atoms with Crippen LogP contribution in [0.25, 0.3) is 0 Å². The zero-order valence-corrected chi connectivity index (χ0v) is 22.8. The van der Waals surface area contributed by atoms with Crippen LogP contribution in [-0.2, 0) is 14.9 Å². The summed E-state index contributed by atoms with van der Waals surface area (Å²) in [4.78, 5) is 23.8. The van der Waals surface area contributed by atoms with Gasteiger partial charge in [0.2, 0.25) is 0 Å². The molecule has 3 aromatic rings. The Labute approximate surface area is 235 Å². The zero-order valence-electron chi connectivity index (χ0n) is 22.0. The van der Waals surface area contributed by atoms with Gasteiger partial charge in [-0.1, -0.05) is 18.2 Å². The van der Waals surface area contributed by atoms with Gasteiger partial charge in [0, 0.05) is 18.7 Å². The van der Waals surface area contributed by atoms with Crippen molar-refractivity contribution >= 4 is 56.1 Å². The average Bonchev–Trinajstić information content (AvgIpc) is 2.95. The number of rotatable bonds is 12. The maximum absolute atomic E-state index is 12.5. The molecule has 3 rings (SSSR count). The first-order valence-electron chi connectivity index (χ1n) is 12.3. The van der Waals surface area contributed by atoms with Crippen molar-refractivity contribution in [3.63, 3.8) is 0 Å². The molecule has 0 unspecified atom stereocenters. The Morgan fingerprint density at radius 3 is 2.34 bits per heavy atom. The number of carbonyl (C=O) groups excluding carboxylic acids is 2. The molecule has 3 aromatic carbocycles. The van der Waals surface area contributed by atoms with E-state index in [-0.39, 0.29) is 46.5 Å². The summed E-state index contributed by atoms with van der Waals surface area (Å²) in [6.45, 7) is 0.526. The SMILES string of the molecule is COC(=O)c1ccccc1N=Nc1cc(S(=O)(=O)O)c(N)c(N=Nc2cccc(C(=O)NCCCCCO)c2)c1N. The molecule has 0 radical (unpaired) electrons. The molecule has 7 N–H and O–H groups in total. The first kappa shape index (κ1) is 30.8. The van der Waals surface area contributed by atoms with E-state index in [2.05, 4.69) is 25.8 Å². The Morgan fingerprint density at radius 2 is 1.63 bits per heavy atom. The number of nitrogen functional groups attached to an aromatic ring is 2. The number of azo groups is 2. The number of carbonyl (C=O) groups is 2. The van der Waals surface area contributed by atoms with Crippen molar-refractivity contribution < 1.29 is 32.4 Å². The average molecular weight is 584 g/mol. The summed E-state index contributed by atoms with van der Waals surface area (Å²) < 4.78 is 38.5. The Bertz CT molecular complexity index is 1590. The summed E-state index contributed by atoms with van der Waals surface area (Å²) in [5.74, 6) is -1.01. The number of methoxy groups -OCH3 is 1. The normalized spacial score (nSPS) is 11.7. The van der Waals surface area contributed by atoms with Gasteiger partial charge in [0.1, 0.15) is 22.0 Å². The van der Waals surface area contributed by atoms with E-state index in [1.807, 2.05) is 0 Å². The number of nitrogens with zero attached hydrogens (tertiary/aromatic N) is 4.